The molecule has 1 aliphatic heterocycles. The van der Waals surface area contributed by atoms with Crippen LogP contribution >= 0.6 is 0 Å². The summed E-state index contributed by atoms with van der Waals surface area (Å²) in [5.74, 6) is -2.20. The van der Waals surface area contributed by atoms with Gasteiger partial charge in [-0.25, -0.2) is 9.59 Å². The smallest absolute Gasteiger partial charge is 0.407 e. The zero-order valence-corrected chi connectivity index (χ0v) is 25.0. The quantitative estimate of drug-likeness (QED) is 0.283. The molecule has 2 aliphatic rings. The zero-order chi connectivity index (χ0) is 31.8. The Morgan fingerprint density at radius 1 is 0.822 bits per heavy atom. The molecule has 3 aromatic carbocycles. The number of hydrogen-bond acceptors (Lipinski definition) is 7. The second kappa shape index (κ2) is 14.5. The van der Waals surface area contributed by atoms with Crippen molar-refractivity contribution in [2.45, 2.75) is 44.4 Å². The van der Waals surface area contributed by atoms with Crippen molar-refractivity contribution in [3.63, 3.8) is 0 Å². The van der Waals surface area contributed by atoms with Crippen LogP contribution in [0.4, 0.5) is 4.79 Å². The predicted molar refractivity (Wildman–Crippen MR) is 165 cm³/mol. The molecule has 3 aromatic rings. The van der Waals surface area contributed by atoms with Gasteiger partial charge < -0.3 is 30.3 Å². The van der Waals surface area contributed by atoms with E-state index >= 15 is 0 Å². The van der Waals surface area contributed by atoms with Gasteiger partial charge in [-0.2, -0.15) is 0 Å². The maximum Gasteiger partial charge on any atom is 0.407 e. The number of amides is 4. The Kier molecular flexibility index (Phi) is 10.1. The highest BCUT2D eigenvalue weighted by molar-refractivity contribution is 5.92. The second-order valence-corrected chi connectivity index (χ2v) is 11.0. The summed E-state index contributed by atoms with van der Waals surface area (Å²) < 4.78 is 10.8. The van der Waals surface area contributed by atoms with Gasteiger partial charge in [0.05, 0.1) is 6.54 Å². The molecule has 1 aliphatic carbocycles. The molecule has 0 saturated carbocycles. The number of rotatable bonds is 11. The molecule has 1 fully saturated rings. The lowest BCUT2D eigenvalue weighted by molar-refractivity contribution is -0.154. The summed E-state index contributed by atoms with van der Waals surface area (Å²) in [6.45, 7) is 1.34. The number of benzene rings is 3. The first kappa shape index (κ1) is 31.2. The number of likely N-dealkylation sites (tertiary alicyclic amines) is 1. The molecule has 11 nitrogen and oxygen atoms in total. The number of hydrogen-bond donors (Lipinski definition) is 3. The predicted octanol–water partition coefficient (Wildman–Crippen LogP) is 2.88. The van der Waals surface area contributed by atoms with E-state index in [4.69, 9.17) is 9.47 Å². The summed E-state index contributed by atoms with van der Waals surface area (Å²) in [6, 6.07) is 23.5. The van der Waals surface area contributed by atoms with E-state index in [1.165, 1.54) is 11.8 Å². The fourth-order valence-corrected chi connectivity index (χ4v) is 5.71. The molecule has 0 radical (unpaired) electrons. The minimum Gasteiger partial charge on any atom is -0.459 e. The van der Waals surface area contributed by atoms with Gasteiger partial charge in [-0.1, -0.05) is 78.9 Å². The van der Waals surface area contributed by atoms with Crippen molar-refractivity contribution in [2.75, 3.05) is 26.2 Å². The van der Waals surface area contributed by atoms with Gasteiger partial charge in [0.2, 0.25) is 17.7 Å². The van der Waals surface area contributed by atoms with Gasteiger partial charge in [0, 0.05) is 12.5 Å². The van der Waals surface area contributed by atoms with Crippen LogP contribution in [0.3, 0.4) is 0 Å². The average Bonchev–Trinajstić information content (AvgIpc) is 3.68. The van der Waals surface area contributed by atoms with Crippen molar-refractivity contribution in [1.82, 2.24) is 20.9 Å². The van der Waals surface area contributed by atoms with Crippen LogP contribution in [0.25, 0.3) is 11.1 Å². The van der Waals surface area contributed by atoms with E-state index in [-0.39, 0.29) is 25.7 Å². The van der Waals surface area contributed by atoms with Gasteiger partial charge >= 0.3 is 12.1 Å². The summed E-state index contributed by atoms with van der Waals surface area (Å²) in [5, 5.41) is 7.41. The lowest BCUT2D eigenvalue weighted by Gasteiger charge is -2.24. The van der Waals surface area contributed by atoms with Gasteiger partial charge in [-0.3, -0.25) is 14.4 Å². The van der Waals surface area contributed by atoms with E-state index in [1.807, 2.05) is 78.9 Å². The Hall–Kier alpha value is -5.19. The molecule has 1 heterocycles. The topological polar surface area (TPSA) is 143 Å². The van der Waals surface area contributed by atoms with E-state index in [0.29, 0.717) is 19.4 Å². The molecule has 3 N–H and O–H groups in total. The summed E-state index contributed by atoms with van der Waals surface area (Å²) >= 11 is 0. The van der Waals surface area contributed by atoms with Crippen molar-refractivity contribution in [1.29, 1.82) is 0 Å². The molecular weight excluding hydrogens is 576 g/mol. The van der Waals surface area contributed by atoms with Crippen LogP contribution in [-0.4, -0.2) is 73.0 Å². The lowest BCUT2D eigenvalue weighted by atomic mass is 9.98. The first-order valence-corrected chi connectivity index (χ1v) is 15.0. The standard InChI is InChI=1S/C34H36N4O7/c1-22(32(41)35-19-31(40)38-17-9-16-29(38)33(42)44-20-23-10-3-2-4-11-23)37-30(39)18-36-34(43)45-21-28-26-14-7-5-12-24(26)25-13-6-8-15-27(25)28/h2-8,10-15,22,28-29H,9,16-21H2,1H3,(H,35,41)(H,36,43)(H,37,39)/t22-,29-/m0/s1. The molecule has 5 rings (SSSR count). The SMILES string of the molecule is C[C@H](NC(=O)CNC(=O)OCC1c2ccccc2-c2ccccc21)C(=O)NCC(=O)N1CCC[C@H]1C(=O)OCc1ccccc1. The van der Waals surface area contributed by atoms with Crippen molar-refractivity contribution in [3.05, 3.63) is 95.6 Å². The summed E-state index contributed by atoms with van der Waals surface area (Å²) in [7, 11) is 0. The molecule has 4 amide bonds. The summed E-state index contributed by atoms with van der Waals surface area (Å²) in [5.41, 5.74) is 5.21. The average molecular weight is 613 g/mol. The Morgan fingerprint density at radius 3 is 2.16 bits per heavy atom. The van der Waals surface area contributed by atoms with Crippen LogP contribution in [-0.2, 0) is 35.3 Å². The van der Waals surface area contributed by atoms with Crippen molar-refractivity contribution < 1.29 is 33.4 Å². The van der Waals surface area contributed by atoms with Crippen LogP contribution in [0.5, 0.6) is 0 Å². The molecule has 1 saturated heterocycles. The van der Waals surface area contributed by atoms with E-state index in [2.05, 4.69) is 16.0 Å². The third-order valence-corrected chi connectivity index (χ3v) is 7.99. The highest BCUT2D eigenvalue weighted by Crippen LogP contribution is 2.44. The molecule has 2 atom stereocenters. The first-order chi connectivity index (χ1) is 21.8. The molecule has 11 heteroatoms. The number of fused-ring (bicyclic) bond motifs is 3. The van der Waals surface area contributed by atoms with E-state index < -0.39 is 48.4 Å². The molecular formula is C34H36N4O7. The summed E-state index contributed by atoms with van der Waals surface area (Å²) in [6.07, 6.45) is 0.377. The maximum atomic E-state index is 12.8. The van der Waals surface area contributed by atoms with Gasteiger partial charge in [0.15, 0.2) is 0 Å². The number of ether oxygens (including phenoxy) is 2. The van der Waals surface area contributed by atoms with Gasteiger partial charge in [0.25, 0.3) is 0 Å². The van der Waals surface area contributed by atoms with E-state index in [1.54, 1.807) is 0 Å². The van der Waals surface area contributed by atoms with Gasteiger partial charge in [0.1, 0.15) is 31.8 Å². The van der Waals surface area contributed by atoms with Crippen molar-refractivity contribution >= 4 is 29.8 Å². The van der Waals surface area contributed by atoms with Crippen molar-refractivity contribution in [2.24, 2.45) is 0 Å². The number of nitrogens with one attached hydrogen (secondary N) is 3. The lowest BCUT2D eigenvalue weighted by Crippen LogP contribution is -2.51. The maximum absolute atomic E-state index is 12.8. The number of carbonyl (C=O) groups excluding carboxylic acids is 5. The molecule has 0 unspecified atom stereocenters. The van der Waals surface area contributed by atoms with Gasteiger partial charge in [-0.05, 0) is 47.6 Å². The molecule has 234 valence electrons. The summed E-state index contributed by atoms with van der Waals surface area (Å²) in [4.78, 5) is 64.2. The molecule has 0 bridgehead atoms. The highest BCUT2D eigenvalue weighted by atomic mass is 16.5. The number of nitrogens with zero attached hydrogens (tertiary/aromatic N) is 1. The van der Waals surface area contributed by atoms with Crippen LogP contribution in [0.2, 0.25) is 0 Å². The number of carbonyl (C=O) groups is 5. The Balaban J connectivity index is 1.01. The third-order valence-electron chi connectivity index (χ3n) is 7.99. The van der Waals surface area contributed by atoms with Crippen LogP contribution in [0.15, 0.2) is 78.9 Å². The second-order valence-electron chi connectivity index (χ2n) is 11.0. The van der Waals surface area contributed by atoms with E-state index in [0.717, 1.165) is 27.8 Å². The van der Waals surface area contributed by atoms with Crippen LogP contribution < -0.4 is 16.0 Å². The van der Waals surface area contributed by atoms with Crippen LogP contribution in [0, 0.1) is 0 Å². The minimum atomic E-state index is -0.972. The zero-order valence-electron chi connectivity index (χ0n) is 25.0. The monoisotopic (exact) mass is 612 g/mol. The fraction of sp³-hybridized carbons (Fsp3) is 0.324. The largest absolute Gasteiger partial charge is 0.459 e. The van der Waals surface area contributed by atoms with E-state index in [9.17, 15) is 24.0 Å². The van der Waals surface area contributed by atoms with Crippen LogP contribution in [0.1, 0.15) is 42.4 Å². The third kappa shape index (κ3) is 7.67. The first-order valence-electron chi connectivity index (χ1n) is 15.0. The normalized spacial score (nSPS) is 15.8. The molecule has 0 aromatic heterocycles. The van der Waals surface area contributed by atoms with Gasteiger partial charge in [-0.15, -0.1) is 0 Å². The Labute approximate surface area is 261 Å². The minimum absolute atomic E-state index is 0.108. The number of alkyl carbamates (subject to hydrolysis) is 1. The number of esters is 1. The molecule has 45 heavy (non-hydrogen) atoms. The molecule has 0 spiro atoms. The fourth-order valence-electron chi connectivity index (χ4n) is 5.71. The van der Waals surface area contributed by atoms with Crippen molar-refractivity contribution in [3.8, 4) is 11.1 Å². The Bertz CT molecular complexity index is 1520. The highest BCUT2D eigenvalue weighted by Gasteiger charge is 2.35. The Morgan fingerprint density at radius 2 is 1.47 bits per heavy atom.